The molecule has 8 aromatic rings. The van der Waals surface area contributed by atoms with Gasteiger partial charge in [0, 0.05) is 0 Å². The fourth-order valence-electron chi connectivity index (χ4n) is 8.05. The summed E-state index contributed by atoms with van der Waals surface area (Å²) in [4.78, 5) is 13.9. The summed E-state index contributed by atoms with van der Waals surface area (Å²) in [6.07, 6.45) is 5.27. The summed E-state index contributed by atoms with van der Waals surface area (Å²) in [5.74, 6) is 0.162. The number of benzene rings is 6. The van der Waals surface area contributed by atoms with Gasteiger partial charge < -0.3 is 0 Å². The Morgan fingerprint density at radius 1 is 0.592 bits per heavy atom. The van der Waals surface area contributed by atoms with Crippen molar-refractivity contribution in [2.45, 2.75) is 20.3 Å². The molecule has 1 aliphatic carbocycles. The van der Waals surface area contributed by atoms with Gasteiger partial charge in [0.2, 0.25) is 0 Å². The van der Waals surface area contributed by atoms with Gasteiger partial charge in [-0.2, -0.15) is 0 Å². The monoisotopic (exact) mass is 745 g/mol. The van der Waals surface area contributed by atoms with Crippen LogP contribution in [0.25, 0.3) is 60.6 Å². The van der Waals surface area contributed by atoms with Gasteiger partial charge >= 0.3 is 296 Å². The number of ketones is 1. The fraction of sp³-hybridized carbons (Fsp3) is 0.0667. The molecule has 3 heterocycles. The number of aryl methyl sites for hydroxylation is 2. The van der Waals surface area contributed by atoms with Gasteiger partial charge in [0.25, 0.3) is 0 Å². The molecule has 1 aliphatic heterocycles. The van der Waals surface area contributed by atoms with Gasteiger partial charge in [0.15, 0.2) is 0 Å². The molecule has 0 fully saturated rings. The number of hydrogen-bond donors (Lipinski definition) is 0. The number of aromatic nitrogens is 2. The van der Waals surface area contributed by atoms with Crippen LogP contribution in [0.15, 0.2) is 145 Å². The van der Waals surface area contributed by atoms with Gasteiger partial charge in [-0.15, -0.1) is 0 Å². The van der Waals surface area contributed by atoms with Crippen LogP contribution in [-0.4, -0.2) is 38.9 Å². The number of carbonyl (C=O) groups excluding carboxylic acids is 1. The number of nitrogens with zero attached hydrogens (tertiary/aromatic N) is 2. The summed E-state index contributed by atoms with van der Waals surface area (Å²) in [6, 6.07) is 45.9. The molecule has 0 spiro atoms. The Bertz CT molecular complexity index is 2730. The number of fused-ring (bicyclic) bond motifs is 8. The van der Waals surface area contributed by atoms with Gasteiger partial charge in [-0.25, -0.2) is 0 Å². The van der Waals surface area contributed by atoms with Crippen molar-refractivity contribution in [2.24, 2.45) is 0 Å². The van der Waals surface area contributed by atoms with E-state index in [-0.39, 0.29) is 5.78 Å². The second kappa shape index (κ2) is 10.9. The van der Waals surface area contributed by atoms with Crippen LogP contribution in [0.1, 0.15) is 33.5 Å². The van der Waals surface area contributed by atoms with Crippen LogP contribution in [-0.2, 0) is 0 Å². The Hall–Kier alpha value is -5.27. The van der Waals surface area contributed by atoms with Gasteiger partial charge in [-0.3, -0.25) is 0 Å². The van der Waals surface area contributed by atoms with E-state index in [1.807, 2.05) is 0 Å². The molecule has 6 aromatic carbocycles. The molecule has 1 radical (unpaired) electrons. The Kier molecular flexibility index (Phi) is 6.37. The normalized spacial score (nSPS) is 14.2. The van der Waals surface area contributed by atoms with Crippen molar-refractivity contribution in [1.29, 1.82) is 0 Å². The van der Waals surface area contributed by atoms with Crippen molar-refractivity contribution in [3.05, 3.63) is 167 Å². The van der Waals surface area contributed by atoms with Crippen molar-refractivity contribution in [3.63, 3.8) is 0 Å². The Balaban J connectivity index is 1.09. The zero-order valence-corrected chi connectivity index (χ0v) is 29.5. The third-order valence-electron chi connectivity index (χ3n) is 10.3. The maximum atomic E-state index is 13.9. The first-order valence-corrected chi connectivity index (χ1v) is 19.1. The van der Waals surface area contributed by atoms with E-state index in [9.17, 15) is 4.79 Å². The minimum atomic E-state index is -0.799. The molecule has 0 unspecified atom stereocenters. The van der Waals surface area contributed by atoms with E-state index in [1.165, 1.54) is 78.7 Å². The van der Waals surface area contributed by atoms with Crippen molar-refractivity contribution in [3.8, 4) is 11.4 Å². The SMILES string of the molecule is Cc1cccc2c3cccc(C)c3n(-c3cccc(C4=CC5=[Te]c6cc(-n7c8ccccc8c8ccccc87)ccc6C(=O)C5=CC4)c3)c12. The predicted octanol–water partition coefficient (Wildman–Crippen LogP) is 9.61. The molecular weight excluding hydrogens is 712 g/mol. The first-order valence-electron chi connectivity index (χ1n) is 16.8. The van der Waals surface area contributed by atoms with Gasteiger partial charge in [-0.1, -0.05) is 0 Å². The van der Waals surface area contributed by atoms with Crippen molar-refractivity contribution < 1.29 is 4.79 Å². The minimum absolute atomic E-state index is 0.162. The summed E-state index contributed by atoms with van der Waals surface area (Å²) in [7, 11) is 0. The standard InChI is InChI=1S/C45H31N2OTe/c1-27-10-7-16-35-36-17-8-11-28(2)44(36)47(43(27)35)31-13-9-12-29(24-31)30-20-22-37-41(25-30)49-42-26-32(21-23-38(42)45(37)48)46-39-18-5-3-14-33(39)34-15-4-6-19-40(34)46/h3-19,21-26H,20H2,1-2H3. The van der Waals surface area contributed by atoms with Crippen molar-refractivity contribution in [1.82, 2.24) is 9.13 Å². The molecule has 10 rings (SSSR count). The van der Waals surface area contributed by atoms with E-state index in [0.717, 1.165) is 23.2 Å². The van der Waals surface area contributed by atoms with Gasteiger partial charge in [0.1, 0.15) is 0 Å². The summed E-state index contributed by atoms with van der Waals surface area (Å²) < 4.78 is 7.24. The third-order valence-corrected chi connectivity index (χ3v) is 13.5. The van der Waals surface area contributed by atoms with Crippen molar-refractivity contribution >= 4 is 82.6 Å². The number of allylic oxidation sites excluding steroid dienone is 4. The Labute approximate surface area is 294 Å². The molecule has 0 saturated heterocycles. The van der Waals surface area contributed by atoms with Crippen LogP contribution < -0.4 is 3.61 Å². The maximum absolute atomic E-state index is 13.9. The Morgan fingerprint density at radius 2 is 1.20 bits per heavy atom. The quantitative estimate of drug-likeness (QED) is 0.166. The fourth-order valence-corrected chi connectivity index (χ4v) is 11.4. The predicted molar refractivity (Wildman–Crippen MR) is 206 cm³/mol. The molecule has 4 heteroatoms. The van der Waals surface area contributed by atoms with Crippen LogP contribution in [0, 0.1) is 13.8 Å². The molecule has 0 amide bonds. The molecule has 0 bridgehead atoms. The molecule has 3 nitrogen and oxygen atoms in total. The van der Waals surface area contributed by atoms with E-state index in [4.69, 9.17) is 0 Å². The number of Topliss-reactive ketones (excluding diaryl/α,β-unsaturated/α-hetero) is 1. The molecule has 0 N–H and O–H groups in total. The first-order chi connectivity index (χ1) is 24.0. The summed E-state index contributed by atoms with van der Waals surface area (Å²) in [6.45, 7) is 4.41. The zero-order valence-electron chi connectivity index (χ0n) is 27.2. The summed E-state index contributed by atoms with van der Waals surface area (Å²) in [5.41, 5.74) is 14.0. The van der Waals surface area contributed by atoms with E-state index in [1.54, 1.807) is 0 Å². The van der Waals surface area contributed by atoms with E-state index in [2.05, 4.69) is 163 Å². The topological polar surface area (TPSA) is 26.9 Å². The molecular formula is C45H31N2OTe. The average molecular weight is 743 g/mol. The second-order valence-corrected chi connectivity index (χ2v) is 16.3. The third kappa shape index (κ3) is 4.28. The van der Waals surface area contributed by atoms with E-state index in [0.29, 0.717) is 0 Å². The van der Waals surface area contributed by atoms with Crippen molar-refractivity contribution in [2.75, 3.05) is 0 Å². The number of rotatable bonds is 3. The van der Waals surface area contributed by atoms with Gasteiger partial charge in [-0.05, 0) is 0 Å². The second-order valence-electron chi connectivity index (χ2n) is 13.2. The molecule has 0 atom stereocenters. The number of hydrogen-bond acceptors (Lipinski definition) is 1. The molecule has 233 valence electrons. The zero-order chi connectivity index (χ0) is 32.8. The number of para-hydroxylation sites is 4. The van der Waals surface area contributed by atoms with Crippen LogP contribution in [0.5, 0.6) is 0 Å². The molecule has 49 heavy (non-hydrogen) atoms. The van der Waals surface area contributed by atoms with Crippen LogP contribution in [0.2, 0.25) is 0 Å². The molecule has 0 saturated carbocycles. The van der Waals surface area contributed by atoms with Crippen LogP contribution >= 0.6 is 0 Å². The summed E-state index contributed by atoms with van der Waals surface area (Å²) >= 11 is -0.799. The first kappa shape index (κ1) is 28.7. The number of carbonyl (C=O) groups is 1. The van der Waals surface area contributed by atoms with Gasteiger partial charge in [0.05, 0.1) is 0 Å². The molecule has 2 aliphatic rings. The molecule has 2 aromatic heterocycles. The Morgan fingerprint density at radius 3 is 1.90 bits per heavy atom. The average Bonchev–Trinajstić information content (AvgIpc) is 3.66. The summed E-state index contributed by atoms with van der Waals surface area (Å²) in [5, 5.41) is 5.07. The van der Waals surface area contributed by atoms with Crippen LogP contribution in [0.3, 0.4) is 0 Å². The van der Waals surface area contributed by atoms with Crippen LogP contribution in [0.4, 0.5) is 0 Å². The van der Waals surface area contributed by atoms with E-state index < -0.39 is 20.5 Å². The van der Waals surface area contributed by atoms with E-state index >= 15 is 0 Å².